The third kappa shape index (κ3) is 1.44. The van der Waals surface area contributed by atoms with E-state index in [9.17, 15) is 9.59 Å². The van der Waals surface area contributed by atoms with Gasteiger partial charge in [0.2, 0.25) is 0 Å². The van der Waals surface area contributed by atoms with Crippen molar-refractivity contribution in [3.63, 3.8) is 0 Å². The number of amides is 1. The molecule has 5 heteroatoms. The van der Waals surface area contributed by atoms with Gasteiger partial charge in [0.1, 0.15) is 0 Å². The Hall–Kier alpha value is -1.20. The zero-order chi connectivity index (χ0) is 8.27. The van der Waals surface area contributed by atoms with Crippen LogP contribution in [0.3, 0.4) is 0 Å². The summed E-state index contributed by atoms with van der Waals surface area (Å²) in [5, 5.41) is 1.66. The number of nitrogens with two attached hydrogens (primary N) is 1. The number of hydrazine groups is 1. The molecule has 3 N–H and O–H groups in total. The molecule has 0 aliphatic rings. The molecule has 0 unspecified atom stereocenters. The van der Waals surface area contributed by atoms with Gasteiger partial charge >= 0.3 is 0 Å². The molecule has 0 saturated heterocycles. The van der Waals surface area contributed by atoms with Crippen LogP contribution in [0.25, 0.3) is 0 Å². The maximum atomic E-state index is 10.9. The molecule has 1 aromatic heterocycles. The molecular weight excluding hydrogens is 164 g/mol. The molecule has 11 heavy (non-hydrogen) atoms. The van der Waals surface area contributed by atoms with Crippen molar-refractivity contribution in [2.45, 2.75) is 0 Å². The lowest BCUT2D eigenvalue weighted by Crippen LogP contribution is -2.30. The van der Waals surface area contributed by atoms with Gasteiger partial charge < -0.3 is 0 Å². The number of aldehydes is 1. The standard InChI is InChI=1S/C6H6N2O2S/c7-8-6(10)4-1-2-11-5(4)3-9/h1-3H,7H2,(H,8,10). The molecule has 0 aliphatic carbocycles. The first-order valence-corrected chi connectivity index (χ1v) is 3.71. The third-order valence-electron chi connectivity index (χ3n) is 1.18. The molecule has 0 radical (unpaired) electrons. The summed E-state index contributed by atoms with van der Waals surface area (Å²) in [6.45, 7) is 0. The van der Waals surface area contributed by atoms with E-state index in [1.165, 1.54) is 11.3 Å². The Morgan fingerprint density at radius 1 is 1.73 bits per heavy atom. The lowest BCUT2D eigenvalue weighted by Gasteiger charge is -1.94. The summed E-state index contributed by atoms with van der Waals surface area (Å²) in [6, 6.07) is 1.55. The molecule has 4 nitrogen and oxygen atoms in total. The molecule has 0 saturated carbocycles. The maximum absolute atomic E-state index is 10.9. The van der Waals surface area contributed by atoms with Crippen LogP contribution >= 0.6 is 11.3 Å². The van der Waals surface area contributed by atoms with Gasteiger partial charge in [-0.15, -0.1) is 11.3 Å². The van der Waals surface area contributed by atoms with Crippen molar-refractivity contribution >= 4 is 23.5 Å². The number of nitrogens with one attached hydrogen (secondary N) is 1. The van der Waals surface area contributed by atoms with E-state index in [0.29, 0.717) is 16.7 Å². The molecule has 1 amide bonds. The lowest BCUT2D eigenvalue weighted by atomic mass is 10.2. The van der Waals surface area contributed by atoms with E-state index in [2.05, 4.69) is 0 Å². The Morgan fingerprint density at radius 2 is 2.45 bits per heavy atom. The van der Waals surface area contributed by atoms with Gasteiger partial charge in [-0.05, 0) is 11.4 Å². The van der Waals surface area contributed by atoms with Crippen molar-refractivity contribution < 1.29 is 9.59 Å². The third-order valence-corrected chi connectivity index (χ3v) is 2.02. The summed E-state index contributed by atoms with van der Waals surface area (Å²) in [4.78, 5) is 21.6. The van der Waals surface area contributed by atoms with Gasteiger partial charge in [0.15, 0.2) is 6.29 Å². The molecule has 0 atom stereocenters. The van der Waals surface area contributed by atoms with E-state index in [-0.39, 0.29) is 0 Å². The second kappa shape index (κ2) is 3.27. The first-order chi connectivity index (χ1) is 5.29. The lowest BCUT2D eigenvalue weighted by molar-refractivity contribution is 0.0949. The maximum Gasteiger partial charge on any atom is 0.266 e. The Kier molecular flexibility index (Phi) is 2.35. The summed E-state index contributed by atoms with van der Waals surface area (Å²) in [6.07, 6.45) is 0.634. The Balaban J connectivity index is 3.01. The molecule has 58 valence electrons. The van der Waals surface area contributed by atoms with E-state index in [0.717, 1.165) is 0 Å². The van der Waals surface area contributed by atoms with Gasteiger partial charge in [-0.3, -0.25) is 15.0 Å². The van der Waals surface area contributed by atoms with Gasteiger partial charge in [0, 0.05) is 0 Å². The number of rotatable bonds is 2. The van der Waals surface area contributed by atoms with Crippen molar-refractivity contribution in [1.29, 1.82) is 0 Å². The van der Waals surface area contributed by atoms with Crippen molar-refractivity contribution in [2.24, 2.45) is 5.84 Å². The summed E-state index contributed by atoms with van der Waals surface area (Å²) < 4.78 is 0. The number of hydrogen-bond donors (Lipinski definition) is 2. The van der Waals surface area contributed by atoms with Crippen molar-refractivity contribution in [3.05, 3.63) is 21.9 Å². The molecule has 1 heterocycles. The Bertz CT molecular complexity index is 282. The average molecular weight is 170 g/mol. The SMILES string of the molecule is NNC(=O)c1ccsc1C=O. The van der Waals surface area contributed by atoms with Crippen LogP contribution in [0.1, 0.15) is 20.0 Å². The van der Waals surface area contributed by atoms with Crippen LogP contribution < -0.4 is 11.3 Å². The summed E-state index contributed by atoms with van der Waals surface area (Å²) in [5.74, 6) is 4.44. The molecule has 0 aromatic carbocycles. The zero-order valence-corrected chi connectivity index (χ0v) is 6.35. The highest BCUT2D eigenvalue weighted by atomic mass is 32.1. The molecule has 1 aromatic rings. The smallest absolute Gasteiger partial charge is 0.266 e. The quantitative estimate of drug-likeness (QED) is 0.287. The molecule has 1 rings (SSSR count). The van der Waals surface area contributed by atoms with E-state index >= 15 is 0 Å². The molecule has 0 bridgehead atoms. The fourth-order valence-corrected chi connectivity index (χ4v) is 1.37. The second-order valence-corrected chi connectivity index (χ2v) is 2.74. The highest BCUT2D eigenvalue weighted by Gasteiger charge is 2.09. The van der Waals surface area contributed by atoms with Crippen LogP contribution in [0.4, 0.5) is 0 Å². The van der Waals surface area contributed by atoms with Crippen LogP contribution in [0, 0.1) is 0 Å². The normalized spacial score (nSPS) is 9.18. The van der Waals surface area contributed by atoms with Gasteiger partial charge in [0.25, 0.3) is 5.91 Å². The number of hydrogen-bond acceptors (Lipinski definition) is 4. The van der Waals surface area contributed by atoms with Crippen molar-refractivity contribution in [1.82, 2.24) is 5.43 Å². The predicted molar refractivity (Wildman–Crippen MR) is 41.4 cm³/mol. The fraction of sp³-hybridized carbons (Fsp3) is 0. The van der Waals surface area contributed by atoms with Gasteiger partial charge in [-0.25, -0.2) is 5.84 Å². The number of nitrogen functional groups attached to an aromatic ring is 1. The van der Waals surface area contributed by atoms with Crippen LogP contribution in [0.5, 0.6) is 0 Å². The summed E-state index contributed by atoms with van der Waals surface area (Å²) >= 11 is 1.21. The zero-order valence-electron chi connectivity index (χ0n) is 5.53. The highest BCUT2D eigenvalue weighted by Crippen LogP contribution is 2.13. The first kappa shape index (κ1) is 7.90. The second-order valence-electron chi connectivity index (χ2n) is 1.79. The minimum atomic E-state index is -0.437. The summed E-state index contributed by atoms with van der Waals surface area (Å²) in [5.41, 5.74) is 2.28. The Labute approximate surface area is 67.0 Å². The van der Waals surface area contributed by atoms with Crippen molar-refractivity contribution in [2.75, 3.05) is 0 Å². The topological polar surface area (TPSA) is 72.2 Å². The van der Waals surface area contributed by atoms with Gasteiger partial charge in [-0.1, -0.05) is 0 Å². The van der Waals surface area contributed by atoms with E-state index < -0.39 is 5.91 Å². The monoisotopic (exact) mass is 170 g/mol. The van der Waals surface area contributed by atoms with Crippen LogP contribution in [-0.2, 0) is 0 Å². The molecule has 0 spiro atoms. The fourth-order valence-electron chi connectivity index (χ4n) is 0.678. The van der Waals surface area contributed by atoms with E-state index in [1.54, 1.807) is 11.4 Å². The van der Waals surface area contributed by atoms with E-state index in [4.69, 9.17) is 5.84 Å². The minimum Gasteiger partial charge on any atom is -0.297 e. The van der Waals surface area contributed by atoms with Crippen LogP contribution in [0.15, 0.2) is 11.4 Å². The highest BCUT2D eigenvalue weighted by molar-refractivity contribution is 7.12. The largest absolute Gasteiger partial charge is 0.297 e. The average Bonchev–Trinajstić information content (AvgIpc) is 2.50. The summed E-state index contributed by atoms with van der Waals surface area (Å²) in [7, 11) is 0. The predicted octanol–water partition coefficient (Wildman–Crippen LogP) is 0.164. The Morgan fingerprint density at radius 3 is 3.00 bits per heavy atom. The van der Waals surface area contributed by atoms with Gasteiger partial charge in [0.05, 0.1) is 10.4 Å². The van der Waals surface area contributed by atoms with E-state index in [1.807, 2.05) is 5.43 Å². The number of thiophene rings is 1. The van der Waals surface area contributed by atoms with Crippen LogP contribution in [-0.4, -0.2) is 12.2 Å². The number of carbonyl (C=O) groups is 2. The van der Waals surface area contributed by atoms with Crippen molar-refractivity contribution in [3.8, 4) is 0 Å². The van der Waals surface area contributed by atoms with Crippen LogP contribution in [0.2, 0.25) is 0 Å². The minimum absolute atomic E-state index is 0.326. The number of carbonyl (C=O) groups excluding carboxylic acids is 2. The molecule has 0 aliphatic heterocycles. The molecular formula is C6H6N2O2S. The van der Waals surface area contributed by atoms with Gasteiger partial charge in [-0.2, -0.15) is 0 Å². The first-order valence-electron chi connectivity index (χ1n) is 2.83. The molecule has 0 fully saturated rings.